The molecule has 3 N–H and O–H groups in total. The number of nitrogens with zero attached hydrogens (tertiary/aromatic N) is 2. The van der Waals surface area contributed by atoms with Gasteiger partial charge in [-0.3, -0.25) is 14.6 Å². The van der Waals surface area contributed by atoms with Crippen molar-refractivity contribution in [2.24, 2.45) is 11.8 Å². The normalized spacial score (nSPS) is 22.2. The molecule has 45 heavy (non-hydrogen) atoms. The van der Waals surface area contributed by atoms with Gasteiger partial charge in [-0.25, -0.2) is 0 Å². The highest BCUT2D eigenvalue weighted by Crippen LogP contribution is 2.33. The van der Waals surface area contributed by atoms with Crippen LogP contribution in [0.25, 0.3) is 0 Å². The summed E-state index contributed by atoms with van der Waals surface area (Å²) in [7, 11) is 0. The van der Waals surface area contributed by atoms with Crippen LogP contribution in [0.1, 0.15) is 46.7 Å². The Morgan fingerprint density at radius 3 is 2.24 bits per heavy atom. The van der Waals surface area contributed by atoms with Crippen molar-refractivity contribution in [1.82, 2.24) is 15.2 Å². The van der Waals surface area contributed by atoms with Crippen LogP contribution in [-0.4, -0.2) is 56.7 Å². The molecule has 1 saturated heterocycles. The molecule has 0 spiro atoms. The number of aliphatic hydroxyl groups excluding tert-OH is 2. The molecule has 2 aliphatic rings. The first kappa shape index (κ1) is 30.7. The van der Waals surface area contributed by atoms with Crippen molar-refractivity contribution in [3.63, 3.8) is 0 Å². The first-order valence-electron chi connectivity index (χ1n) is 16.0. The van der Waals surface area contributed by atoms with Gasteiger partial charge in [-0.1, -0.05) is 84.9 Å². The Balaban J connectivity index is 1.18. The van der Waals surface area contributed by atoms with Crippen LogP contribution >= 0.6 is 0 Å². The highest BCUT2D eigenvalue weighted by atomic mass is 16.3. The molecule has 3 aromatic carbocycles. The number of hydrogen-bond acceptors (Lipinski definition) is 5. The number of amides is 2. The van der Waals surface area contributed by atoms with E-state index in [1.807, 2.05) is 89.8 Å². The van der Waals surface area contributed by atoms with E-state index in [9.17, 15) is 19.8 Å². The number of nitrogens with one attached hydrogen (secondary N) is 1. The number of benzene rings is 3. The van der Waals surface area contributed by atoms with E-state index in [1.54, 1.807) is 12.4 Å². The van der Waals surface area contributed by atoms with Gasteiger partial charge in [-0.05, 0) is 72.1 Å². The summed E-state index contributed by atoms with van der Waals surface area (Å²) in [5.41, 5.74) is 5.18. The molecule has 7 heteroatoms. The molecule has 1 aliphatic heterocycles. The SMILES string of the molecule is O=C(N[C@H]1c2ccccc2C[C@H]1O)C(Cc1ccccc1)CC(O)CN1C(=O)C(Cc2ccncc2)C[C@@H]1Cc1ccccc1. The standard InChI is InChI=1S/C38H41N3O4/c42-33(25-41-32(21-27-11-5-2-6-12-27)22-31(38(41)45)20-28-15-17-39-18-16-28)23-30(19-26-9-3-1-4-10-26)37(44)40-36-34-14-8-7-13-29(34)24-35(36)43/h1-18,30-33,35-36,42-43H,19-25H2,(H,40,44)/t30?,31?,32-,33?,35+,36-/m0/s1. The Kier molecular flexibility index (Phi) is 9.67. The third-order valence-electron chi connectivity index (χ3n) is 9.34. The van der Waals surface area contributed by atoms with Crippen molar-refractivity contribution in [1.29, 1.82) is 0 Å². The largest absolute Gasteiger partial charge is 0.391 e. The molecule has 0 radical (unpaired) electrons. The summed E-state index contributed by atoms with van der Waals surface area (Å²) in [5.74, 6) is -0.884. The van der Waals surface area contributed by atoms with Gasteiger partial charge >= 0.3 is 0 Å². The molecule has 4 aromatic rings. The number of likely N-dealkylation sites (tertiary alicyclic amines) is 1. The number of carbonyl (C=O) groups is 2. The topological polar surface area (TPSA) is 103 Å². The Labute approximate surface area is 265 Å². The Hall–Kier alpha value is -4.33. The second-order valence-electron chi connectivity index (χ2n) is 12.6. The zero-order valence-corrected chi connectivity index (χ0v) is 25.4. The highest BCUT2D eigenvalue weighted by molar-refractivity contribution is 5.82. The number of aliphatic hydroxyl groups is 2. The lowest BCUT2D eigenvalue weighted by Crippen LogP contribution is -2.43. The van der Waals surface area contributed by atoms with Gasteiger partial charge in [0.15, 0.2) is 0 Å². The van der Waals surface area contributed by atoms with E-state index < -0.39 is 24.2 Å². The molecule has 0 saturated carbocycles. The fourth-order valence-electron chi connectivity index (χ4n) is 7.09. The van der Waals surface area contributed by atoms with Crippen LogP contribution in [0.4, 0.5) is 0 Å². The summed E-state index contributed by atoms with van der Waals surface area (Å²) in [5, 5.41) is 25.4. The summed E-state index contributed by atoms with van der Waals surface area (Å²) in [6.45, 7) is 0.163. The molecule has 232 valence electrons. The van der Waals surface area contributed by atoms with E-state index in [0.717, 1.165) is 27.8 Å². The molecule has 2 heterocycles. The van der Waals surface area contributed by atoms with Gasteiger partial charge < -0.3 is 20.4 Å². The summed E-state index contributed by atoms with van der Waals surface area (Å²) >= 11 is 0. The van der Waals surface area contributed by atoms with Gasteiger partial charge in [0, 0.05) is 43.2 Å². The highest BCUT2D eigenvalue weighted by Gasteiger charge is 2.41. The molecule has 3 unspecified atom stereocenters. The summed E-state index contributed by atoms with van der Waals surface area (Å²) < 4.78 is 0. The van der Waals surface area contributed by atoms with Crippen molar-refractivity contribution in [3.05, 3.63) is 137 Å². The molecular weight excluding hydrogens is 562 g/mol. The molecule has 6 atom stereocenters. The van der Waals surface area contributed by atoms with Crippen LogP contribution < -0.4 is 5.32 Å². The van der Waals surface area contributed by atoms with Gasteiger partial charge in [-0.15, -0.1) is 0 Å². The zero-order valence-electron chi connectivity index (χ0n) is 25.4. The van der Waals surface area contributed by atoms with Crippen molar-refractivity contribution in [2.75, 3.05) is 6.54 Å². The van der Waals surface area contributed by atoms with Gasteiger partial charge in [0.05, 0.1) is 18.2 Å². The van der Waals surface area contributed by atoms with Crippen LogP contribution in [0.15, 0.2) is 109 Å². The average molecular weight is 604 g/mol. The quantitative estimate of drug-likeness (QED) is 0.222. The minimum absolute atomic E-state index is 0.0431. The lowest BCUT2D eigenvalue weighted by atomic mass is 9.91. The van der Waals surface area contributed by atoms with E-state index in [1.165, 1.54) is 0 Å². The fraction of sp³-hybridized carbons (Fsp3) is 0.342. The van der Waals surface area contributed by atoms with E-state index in [4.69, 9.17) is 0 Å². The molecule has 2 amide bonds. The third-order valence-corrected chi connectivity index (χ3v) is 9.34. The smallest absolute Gasteiger partial charge is 0.226 e. The number of β-amino-alcohol motifs (C(OH)–C–C–N with tert-alkyl or cyclic N) is 1. The molecule has 6 rings (SSSR count). The van der Waals surface area contributed by atoms with E-state index in [-0.39, 0.29) is 36.7 Å². The van der Waals surface area contributed by atoms with Crippen LogP contribution in [0.5, 0.6) is 0 Å². The molecule has 1 aliphatic carbocycles. The maximum atomic E-state index is 13.8. The molecule has 1 aromatic heterocycles. The Morgan fingerprint density at radius 1 is 0.867 bits per heavy atom. The predicted octanol–water partition coefficient (Wildman–Crippen LogP) is 4.47. The van der Waals surface area contributed by atoms with Crippen LogP contribution in [-0.2, 0) is 35.3 Å². The van der Waals surface area contributed by atoms with Crippen molar-refractivity contribution in [2.45, 2.75) is 62.8 Å². The Bertz CT molecular complexity index is 1570. The maximum absolute atomic E-state index is 13.8. The average Bonchev–Trinajstić information content (AvgIpc) is 3.52. The van der Waals surface area contributed by atoms with Gasteiger partial charge in [0.2, 0.25) is 11.8 Å². The Morgan fingerprint density at radius 2 is 1.51 bits per heavy atom. The molecule has 7 nitrogen and oxygen atoms in total. The fourth-order valence-corrected chi connectivity index (χ4v) is 7.09. The molecule has 0 bridgehead atoms. The minimum atomic E-state index is -0.896. The zero-order chi connectivity index (χ0) is 31.2. The molecule has 1 fully saturated rings. The van der Waals surface area contributed by atoms with Gasteiger partial charge in [-0.2, -0.15) is 0 Å². The predicted molar refractivity (Wildman–Crippen MR) is 173 cm³/mol. The number of fused-ring (bicyclic) bond motifs is 1. The van der Waals surface area contributed by atoms with Crippen LogP contribution in [0, 0.1) is 11.8 Å². The third kappa shape index (κ3) is 7.49. The summed E-state index contributed by atoms with van der Waals surface area (Å²) in [6, 6.07) is 31.1. The number of pyridine rings is 1. The number of hydrogen-bond donors (Lipinski definition) is 3. The summed E-state index contributed by atoms with van der Waals surface area (Å²) in [4.78, 5) is 33.6. The number of carbonyl (C=O) groups excluding carboxylic acids is 2. The van der Waals surface area contributed by atoms with Crippen LogP contribution in [0.3, 0.4) is 0 Å². The van der Waals surface area contributed by atoms with E-state index in [2.05, 4.69) is 22.4 Å². The van der Waals surface area contributed by atoms with E-state index in [0.29, 0.717) is 32.1 Å². The van der Waals surface area contributed by atoms with Crippen molar-refractivity contribution < 1.29 is 19.8 Å². The lowest BCUT2D eigenvalue weighted by molar-refractivity contribution is -0.133. The van der Waals surface area contributed by atoms with Crippen LogP contribution in [0.2, 0.25) is 0 Å². The van der Waals surface area contributed by atoms with Crippen molar-refractivity contribution >= 4 is 11.8 Å². The minimum Gasteiger partial charge on any atom is -0.391 e. The first-order valence-corrected chi connectivity index (χ1v) is 16.0. The van der Waals surface area contributed by atoms with Crippen molar-refractivity contribution in [3.8, 4) is 0 Å². The lowest BCUT2D eigenvalue weighted by Gasteiger charge is -2.29. The first-order chi connectivity index (χ1) is 21.9. The number of aromatic nitrogens is 1. The second kappa shape index (κ2) is 14.2. The monoisotopic (exact) mass is 603 g/mol. The second-order valence-corrected chi connectivity index (χ2v) is 12.6. The molecular formula is C38H41N3O4. The number of rotatable bonds is 12. The summed E-state index contributed by atoms with van der Waals surface area (Å²) in [6.07, 6.45) is 5.07. The van der Waals surface area contributed by atoms with E-state index >= 15 is 0 Å². The van der Waals surface area contributed by atoms with Gasteiger partial charge in [0.25, 0.3) is 0 Å². The maximum Gasteiger partial charge on any atom is 0.226 e. The van der Waals surface area contributed by atoms with Gasteiger partial charge in [0.1, 0.15) is 0 Å².